The molecule has 0 unspecified atom stereocenters. The first-order valence-corrected chi connectivity index (χ1v) is 7.54. The highest BCUT2D eigenvalue weighted by atomic mass is 19.4. The predicted octanol–water partition coefficient (Wildman–Crippen LogP) is 3.34. The van der Waals surface area contributed by atoms with E-state index in [0.717, 1.165) is 13.0 Å². The summed E-state index contributed by atoms with van der Waals surface area (Å²) >= 11 is 0. The number of alkyl halides is 3. The summed E-state index contributed by atoms with van der Waals surface area (Å²) in [6.45, 7) is 4.07. The molecule has 4 nitrogen and oxygen atoms in total. The molecular weight excluding hydrogens is 307 g/mol. The molecule has 0 radical (unpaired) electrons. The number of hydrogen-bond acceptors (Lipinski definition) is 2. The van der Waals surface area contributed by atoms with Crippen molar-refractivity contribution in [1.29, 1.82) is 0 Å². The first-order chi connectivity index (χ1) is 10.8. The van der Waals surface area contributed by atoms with Crippen LogP contribution in [0.15, 0.2) is 29.3 Å². The minimum atomic E-state index is -4.35. The molecule has 1 aromatic carbocycles. The molecule has 1 rings (SSSR count). The van der Waals surface area contributed by atoms with Gasteiger partial charge in [-0.05, 0) is 18.4 Å². The van der Waals surface area contributed by atoms with Crippen LogP contribution in [-0.4, -0.2) is 32.3 Å². The average Bonchev–Trinajstić information content (AvgIpc) is 2.48. The van der Waals surface area contributed by atoms with E-state index in [2.05, 4.69) is 29.5 Å². The Labute approximate surface area is 135 Å². The molecule has 0 aromatic heterocycles. The van der Waals surface area contributed by atoms with Gasteiger partial charge in [0, 0.05) is 25.7 Å². The normalized spacial score (nSPS) is 12.4. The molecule has 0 amide bonds. The Morgan fingerprint density at radius 2 is 1.91 bits per heavy atom. The van der Waals surface area contributed by atoms with Crippen molar-refractivity contribution in [3.63, 3.8) is 0 Å². The van der Waals surface area contributed by atoms with Gasteiger partial charge in [-0.25, -0.2) is 0 Å². The van der Waals surface area contributed by atoms with Gasteiger partial charge in [0.2, 0.25) is 0 Å². The first kappa shape index (κ1) is 19.1. The van der Waals surface area contributed by atoms with E-state index in [-0.39, 0.29) is 5.75 Å². The van der Waals surface area contributed by atoms with Crippen molar-refractivity contribution in [2.75, 3.05) is 20.2 Å². The minimum absolute atomic E-state index is 0.218. The Morgan fingerprint density at radius 3 is 2.52 bits per heavy atom. The van der Waals surface area contributed by atoms with Crippen LogP contribution in [0.2, 0.25) is 0 Å². The van der Waals surface area contributed by atoms with E-state index in [4.69, 9.17) is 4.74 Å². The highest BCUT2D eigenvalue weighted by Gasteiger charge is 2.28. The summed E-state index contributed by atoms with van der Waals surface area (Å²) in [6.07, 6.45) is -3.35. The van der Waals surface area contributed by atoms with Crippen molar-refractivity contribution in [2.24, 2.45) is 10.9 Å². The smallest absolute Gasteiger partial charge is 0.422 e. The fraction of sp³-hybridized carbons (Fsp3) is 0.562. The van der Waals surface area contributed by atoms with Crippen LogP contribution in [0.4, 0.5) is 13.2 Å². The third-order valence-electron chi connectivity index (χ3n) is 3.05. The topological polar surface area (TPSA) is 45.7 Å². The van der Waals surface area contributed by atoms with Gasteiger partial charge in [-0.15, -0.1) is 0 Å². The highest BCUT2D eigenvalue weighted by Crippen LogP contribution is 2.21. The molecule has 0 saturated carbocycles. The lowest BCUT2D eigenvalue weighted by Crippen LogP contribution is -2.37. The molecule has 0 aliphatic carbocycles. The number of benzene rings is 1. The largest absolute Gasteiger partial charge is 0.484 e. The molecule has 1 aromatic rings. The molecule has 0 spiro atoms. The maximum absolute atomic E-state index is 12.3. The monoisotopic (exact) mass is 331 g/mol. The predicted molar refractivity (Wildman–Crippen MR) is 85.6 cm³/mol. The van der Waals surface area contributed by atoms with Gasteiger partial charge >= 0.3 is 6.18 Å². The summed E-state index contributed by atoms with van der Waals surface area (Å²) < 4.78 is 41.7. The Balaban J connectivity index is 2.56. The van der Waals surface area contributed by atoms with E-state index in [0.29, 0.717) is 24.0 Å². The van der Waals surface area contributed by atoms with Crippen LogP contribution in [0, 0.1) is 5.92 Å². The zero-order chi connectivity index (χ0) is 17.3. The number of guanidine groups is 1. The molecule has 130 valence electrons. The van der Waals surface area contributed by atoms with Gasteiger partial charge in [-0.3, -0.25) is 4.99 Å². The summed E-state index contributed by atoms with van der Waals surface area (Å²) in [6, 6.07) is 6.65. The molecule has 0 bridgehead atoms. The van der Waals surface area contributed by atoms with E-state index in [9.17, 15) is 13.2 Å². The SMILES string of the molecule is CN=C(NCCC(C)C)NCc1ccccc1OCC(F)(F)F. The van der Waals surface area contributed by atoms with Crippen molar-refractivity contribution in [3.8, 4) is 5.75 Å². The average molecular weight is 331 g/mol. The van der Waals surface area contributed by atoms with Crippen molar-refractivity contribution in [1.82, 2.24) is 10.6 Å². The van der Waals surface area contributed by atoms with Crippen LogP contribution in [0.1, 0.15) is 25.8 Å². The van der Waals surface area contributed by atoms with E-state index >= 15 is 0 Å². The second kappa shape index (κ2) is 9.27. The van der Waals surface area contributed by atoms with Gasteiger partial charge in [0.05, 0.1) is 0 Å². The van der Waals surface area contributed by atoms with Gasteiger partial charge in [0.15, 0.2) is 12.6 Å². The second-order valence-electron chi connectivity index (χ2n) is 5.55. The zero-order valence-electron chi connectivity index (χ0n) is 13.7. The Morgan fingerprint density at radius 1 is 1.22 bits per heavy atom. The molecule has 0 aliphatic heterocycles. The van der Waals surface area contributed by atoms with Crippen molar-refractivity contribution in [3.05, 3.63) is 29.8 Å². The van der Waals surface area contributed by atoms with E-state index < -0.39 is 12.8 Å². The van der Waals surface area contributed by atoms with Crippen LogP contribution in [-0.2, 0) is 6.54 Å². The summed E-state index contributed by atoms with van der Waals surface area (Å²) in [4.78, 5) is 4.09. The third-order valence-corrected chi connectivity index (χ3v) is 3.05. The fourth-order valence-corrected chi connectivity index (χ4v) is 1.83. The number of hydrogen-bond donors (Lipinski definition) is 2. The van der Waals surface area contributed by atoms with Gasteiger partial charge in [-0.2, -0.15) is 13.2 Å². The summed E-state index contributed by atoms with van der Waals surface area (Å²) in [5.74, 6) is 1.41. The highest BCUT2D eigenvalue weighted by molar-refractivity contribution is 5.79. The van der Waals surface area contributed by atoms with Gasteiger partial charge < -0.3 is 15.4 Å². The Bertz CT molecular complexity index is 502. The van der Waals surface area contributed by atoms with E-state index in [1.165, 1.54) is 6.07 Å². The van der Waals surface area contributed by atoms with Crippen LogP contribution < -0.4 is 15.4 Å². The maximum Gasteiger partial charge on any atom is 0.422 e. The molecule has 0 heterocycles. The molecule has 0 fully saturated rings. The summed E-state index contributed by atoms with van der Waals surface area (Å²) in [7, 11) is 1.65. The lowest BCUT2D eigenvalue weighted by atomic mass is 10.1. The molecule has 23 heavy (non-hydrogen) atoms. The zero-order valence-corrected chi connectivity index (χ0v) is 13.7. The van der Waals surface area contributed by atoms with Gasteiger partial charge in [0.1, 0.15) is 5.75 Å². The first-order valence-electron chi connectivity index (χ1n) is 7.54. The van der Waals surface area contributed by atoms with Gasteiger partial charge in [-0.1, -0.05) is 32.0 Å². The maximum atomic E-state index is 12.3. The number of halogens is 3. The third kappa shape index (κ3) is 8.32. The quantitative estimate of drug-likeness (QED) is 0.595. The molecule has 2 N–H and O–H groups in total. The molecule has 7 heteroatoms. The Kier molecular flexibility index (Phi) is 7.71. The van der Waals surface area contributed by atoms with Crippen molar-refractivity contribution >= 4 is 5.96 Å². The fourth-order valence-electron chi connectivity index (χ4n) is 1.83. The Hall–Kier alpha value is -1.92. The summed E-state index contributed by atoms with van der Waals surface area (Å²) in [5, 5.41) is 6.24. The molecular formula is C16H24F3N3O. The molecule has 0 saturated heterocycles. The molecule has 0 aliphatic rings. The van der Waals surface area contributed by atoms with E-state index in [1.54, 1.807) is 25.2 Å². The number of aliphatic imine (C=N–C) groups is 1. The number of para-hydroxylation sites is 1. The number of nitrogens with one attached hydrogen (secondary N) is 2. The van der Waals surface area contributed by atoms with E-state index in [1.807, 2.05) is 0 Å². The summed E-state index contributed by atoms with van der Waals surface area (Å²) in [5.41, 5.74) is 0.642. The van der Waals surface area contributed by atoms with Crippen LogP contribution >= 0.6 is 0 Å². The van der Waals surface area contributed by atoms with Crippen molar-refractivity contribution in [2.45, 2.75) is 33.0 Å². The van der Waals surface area contributed by atoms with Crippen LogP contribution in [0.25, 0.3) is 0 Å². The second-order valence-corrected chi connectivity index (χ2v) is 5.55. The lowest BCUT2D eigenvalue weighted by molar-refractivity contribution is -0.153. The van der Waals surface area contributed by atoms with Crippen molar-refractivity contribution < 1.29 is 17.9 Å². The standard InChI is InChI=1S/C16H24F3N3O/c1-12(2)8-9-21-15(20-3)22-10-13-6-4-5-7-14(13)23-11-16(17,18)19/h4-7,12H,8-11H2,1-3H3,(H2,20,21,22). The minimum Gasteiger partial charge on any atom is -0.484 e. The number of rotatable bonds is 7. The van der Waals surface area contributed by atoms with Crippen LogP contribution in [0.5, 0.6) is 5.75 Å². The van der Waals surface area contributed by atoms with Crippen LogP contribution in [0.3, 0.4) is 0 Å². The number of ether oxygens (including phenoxy) is 1. The van der Waals surface area contributed by atoms with Gasteiger partial charge in [0.25, 0.3) is 0 Å². The number of nitrogens with zero attached hydrogens (tertiary/aromatic N) is 1. The lowest BCUT2D eigenvalue weighted by Gasteiger charge is -2.16. The molecule has 0 atom stereocenters.